The molecule has 0 saturated heterocycles. The zero-order valence-corrected chi connectivity index (χ0v) is 15.2. The van der Waals surface area contributed by atoms with E-state index in [1.165, 1.54) is 10.9 Å². The molecule has 0 saturated carbocycles. The van der Waals surface area contributed by atoms with Gasteiger partial charge in [-0.25, -0.2) is 4.98 Å². The predicted molar refractivity (Wildman–Crippen MR) is 99.8 cm³/mol. The molecule has 0 spiro atoms. The van der Waals surface area contributed by atoms with Gasteiger partial charge in [0.1, 0.15) is 19.8 Å². The lowest BCUT2D eigenvalue weighted by Gasteiger charge is -2.19. The van der Waals surface area contributed by atoms with E-state index in [1.807, 2.05) is 6.07 Å². The van der Waals surface area contributed by atoms with Crippen molar-refractivity contribution < 1.29 is 14.3 Å². The number of hydrogen-bond donors (Lipinski definition) is 1. The average molecular weight is 416 g/mol. The molecule has 1 aliphatic rings. The van der Waals surface area contributed by atoms with Gasteiger partial charge in [-0.15, -0.1) is 0 Å². The number of amides is 1. The fourth-order valence-electron chi connectivity index (χ4n) is 2.72. The van der Waals surface area contributed by atoms with E-state index in [0.717, 1.165) is 4.47 Å². The van der Waals surface area contributed by atoms with Crippen molar-refractivity contribution in [3.05, 3.63) is 57.6 Å². The highest BCUT2D eigenvalue weighted by Crippen LogP contribution is 2.32. The number of benzene rings is 2. The number of carbonyl (C=O) groups is 1. The maximum absolute atomic E-state index is 12.5. The molecule has 0 radical (unpaired) electrons. The van der Waals surface area contributed by atoms with Gasteiger partial charge < -0.3 is 14.8 Å². The van der Waals surface area contributed by atoms with Gasteiger partial charge in [0.05, 0.1) is 17.2 Å². The summed E-state index contributed by atoms with van der Waals surface area (Å²) in [6.07, 6.45) is 1.38. The highest BCUT2D eigenvalue weighted by Gasteiger charge is 2.13. The molecule has 2 aromatic carbocycles. The summed E-state index contributed by atoms with van der Waals surface area (Å²) in [4.78, 5) is 29.1. The lowest BCUT2D eigenvalue weighted by atomic mass is 10.2. The first-order chi connectivity index (χ1) is 12.6. The second kappa shape index (κ2) is 6.80. The average Bonchev–Trinajstić information content (AvgIpc) is 2.64. The van der Waals surface area contributed by atoms with E-state index < -0.39 is 0 Å². The third-order valence-electron chi connectivity index (χ3n) is 3.93. The minimum Gasteiger partial charge on any atom is -0.486 e. The minimum absolute atomic E-state index is 0.136. The van der Waals surface area contributed by atoms with Crippen molar-refractivity contribution in [3.63, 3.8) is 0 Å². The van der Waals surface area contributed by atoms with Gasteiger partial charge in [-0.1, -0.05) is 15.9 Å². The number of fused-ring (bicyclic) bond motifs is 2. The summed E-state index contributed by atoms with van der Waals surface area (Å²) in [6.45, 7) is 0.841. The van der Waals surface area contributed by atoms with Crippen molar-refractivity contribution in [2.45, 2.75) is 6.54 Å². The summed E-state index contributed by atoms with van der Waals surface area (Å²) in [5.41, 5.74) is 0.888. The number of nitrogens with one attached hydrogen (secondary N) is 1. The summed E-state index contributed by atoms with van der Waals surface area (Å²) in [6, 6.07) is 10.4. The Morgan fingerprint density at radius 1 is 1.15 bits per heavy atom. The molecular formula is C18H14BrN3O4. The quantitative estimate of drug-likeness (QED) is 0.710. The molecular weight excluding hydrogens is 402 g/mol. The second-order valence-corrected chi connectivity index (χ2v) is 6.66. The fourth-order valence-corrected chi connectivity index (χ4v) is 3.08. The van der Waals surface area contributed by atoms with Crippen LogP contribution in [0.4, 0.5) is 5.69 Å². The van der Waals surface area contributed by atoms with Gasteiger partial charge in [0.2, 0.25) is 5.91 Å². The molecule has 4 rings (SSSR count). The Kier molecular flexibility index (Phi) is 4.34. The molecule has 1 aromatic heterocycles. The molecule has 3 aromatic rings. The highest BCUT2D eigenvalue weighted by atomic mass is 79.9. The monoisotopic (exact) mass is 415 g/mol. The SMILES string of the molecule is O=C(Cn1cnc2ccc(Br)cc2c1=O)Nc1ccc2c(c1)OCCO2. The zero-order chi connectivity index (χ0) is 18.1. The van der Waals surface area contributed by atoms with E-state index in [2.05, 4.69) is 26.2 Å². The molecule has 1 aliphatic heterocycles. The highest BCUT2D eigenvalue weighted by molar-refractivity contribution is 9.10. The van der Waals surface area contributed by atoms with Crippen LogP contribution in [0.5, 0.6) is 11.5 Å². The normalized spacial score (nSPS) is 12.8. The number of anilines is 1. The van der Waals surface area contributed by atoms with Gasteiger partial charge in [-0.3, -0.25) is 14.2 Å². The van der Waals surface area contributed by atoms with E-state index in [-0.39, 0.29) is 18.0 Å². The van der Waals surface area contributed by atoms with Gasteiger partial charge in [0, 0.05) is 16.2 Å². The first-order valence-electron chi connectivity index (χ1n) is 7.94. The van der Waals surface area contributed by atoms with Gasteiger partial charge in [0.25, 0.3) is 5.56 Å². The number of ether oxygens (including phenoxy) is 2. The molecule has 0 bridgehead atoms. The Labute approximate surface area is 156 Å². The maximum Gasteiger partial charge on any atom is 0.261 e. The van der Waals surface area contributed by atoms with Crippen molar-refractivity contribution in [3.8, 4) is 11.5 Å². The van der Waals surface area contributed by atoms with Crippen molar-refractivity contribution in [2.24, 2.45) is 0 Å². The van der Waals surface area contributed by atoms with Gasteiger partial charge in [-0.05, 0) is 30.3 Å². The van der Waals surface area contributed by atoms with E-state index in [0.29, 0.717) is 41.3 Å². The number of halogens is 1. The van der Waals surface area contributed by atoms with Crippen LogP contribution in [0.15, 0.2) is 52.0 Å². The minimum atomic E-state index is -0.333. The molecule has 0 unspecified atom stereocenters. The fraction of sp³-hybridized carbons (Fsp3) is 0.167. The Hall–Kier alpha value is -2.87. The Bertz CT molecular complexity index is 1060. The summed E-state index contributed by atoms with van der Waals surface area (Å²) < 4.78 is 13.0. The number of carbonyl (C=O) groups excluding carboxylic acids is 1. The van der Waals surface area contributed by atoms with Gasteiger partial charge in [0.15, 0.2) is 11.5 Å². The molecule has 0 atom stereocenters. The third-order valence-corrected chi connectivity index (χ3v) is 4.42. The van der Waals surface area contributed by atoms with Crippen molar-refractivity contribution in [1.29, 1.82) is 0 Å². The molecule has 8 heteroatoms. The first-order valence-corrected chi connectivity index (χ1v) is 8.74. The Morgan fingerprint density at radius 3 is 2.81 bits per heavy atom. The number of aromatic nitrogens is 2. The predicted octanol–water partition coefficient (Wildman–Crippen LogP) is 2.57. The Balaban J connectivity index is 1.54. The van der Waals surface area contributed by atoms with Crippen LogP contribution in [0, 0.1) is 0 Å². The molecule has 2 heterocycles. The number of nitrogens with zero attached hydrogens (tertiary/aromatic N) is 2. The summed E-state index contributed by atoms with van der Waals surface area (Å²) >= 11 is 3.34. The molecule has 132 valence electrons. The van der Waals surface area contributed by atoms with Crippen molar-refractivity contribution in [2.75, 3.05) is 18.5 Å². The van der Waals surface area contributed by atoms with Crippen LogP contribution in [0.1, 0.15) is 0 Å². The standard InChI is InChI=1S/C18H14BrN3O4/c19-11-1-3-14-13(7-11)18(24)22(10-20-14)9-17(23)21-12-2-4-15-16(8-12)26-6-5-25-15/h1-4,7-8,10H,5-6,9H2,(H,21,23). The van der Waals surface area contributed by atoms with E-state index in [1.54, 1.807) is 30.3 Å². The molecule has 26 heavy (non-hydrogen) atoms. The topological polar surface area (TPSA) is 82.5 Å². The van der Waals surface area contributed by atoms with Crippen molar-refractivity contribution in [1.82, 2.24) is 9.55 Å². The van der Waals surface area contributed by atoms with Crippen LogP contribution in [0.25, 0.3) is 10.9 Å². The Morgan fingerprint density at radius 2 is 1.96 bits per heavy atom. The smallest absolute Gasteiger partial charge is 0.261 e. The number of hydrogen-bond acceptors (Lipinski definition) is 5. The van der Waals surface area contributed by atoms with Gasteiger partial charge in [-0.2, -0.15) is 0 Å². The van der Waals surface area contributed by atoms with Crippen LogP contribution in [0.2, 0.25) is 0 Å². The molecule has 1 N–H and O–H groups in total. The summed E-state index contributed by atoms with van der Waals surface area (Å²) in [5, 5.41) is 3.21. The van der Waals surface area contributed by atoms with E-state index >= 15 is 0 Å². The van der Waals surface area contributed by atoms with Crippen molar-refractivity contribution >= 4 is 38.4 Å². The van der Waals surface area contributed by atoms with Crippen LogP contribution in [-0.4, -0.2) is 28.7 Å². The van der Waals surface area contributed by atoms with E-state index in [9.17, 15) is 9.59 Å². The molecule has 0 fully saturated rings. The van der Waals surface area contributed by atoms with Gasteiger partial charge >= 0.3 is 0 Å². The lowest BCUT2D eigenvalue weighted by Crippen LogP contribution is -2.28. The van der Waals surface area contributed by atoms with Crippen LogP contribution in [-0.2, 0) is 11.3 Å². The van der Waals surface area contributed by atoms with Crippen LogP contribution < -0.4 is 20.3 Å². The number of rotatable bonds is 3. The lowest BCUT2D eigenvalue weighted by molar-refractivity contribution is -0.116. The van der Waals surface area contributed by atoms with Crippen LogP contribution >= 0.6 is 15.9 Å². The third kappa shape index (κ3) is 3.28. The maximum atomic E-state index is 12.5. The summed E-state index contributed by atoms with van der Waals surface area (Å²) in [7, 11) is 0. The second-order valence-electron chi connectivity index (χ2n) is 5.75. The molecule has 1 amide bonds. The van der Waals surface area contributed by atoms with E-state index in [4.69, 9.17) is 9.47 Å². The molecule has 0 aliphatic carbocycles. The largest absolute Gasteiger partial charge is 0.486 e. The molecule has 7 nitrogen and oxygen atoms in total. The van der Waals surface area contributed by atoms with Crippen LogP contribution in [0.3, 0.4) is 0 Å². The summed E-state index contributed by atoms with van der Waals surface area (Å²) in [5.74, 6) is 0.901. The first kappa shape index (κ1) is 16.6. The zero-order valence-electron chi connectivity index (χ0n) is 13.6.